The summed E-state index contributed by atoms with van der Waals surface area (Å²) in [6.07, 6.45) is 1.96. The average Bonchev–Trinajstić information content (AvgIpc) is 3.14. The molecule has 3 rings (SSSR count). The number of ether oxygens (including phenoxy) is 1. The van der Waals surface area contributed by atoms with Gasteiger partial charge in [0, 0.05) is 6.54 Å². The van der Waals surface area contributed by atoms with Crippen molar-refractivity contribution in [1.82, 2.24) is 10.6 Å². The smallest absolute Gasteiger partial charge is 0.237 e. The molecule has 5 heteroatoms. The van der Waals surface area contributed by atoms with E-state index in [-0.39, 0.29) is 11.9 Å². The van der Waals surface area contributed by atoms with Crippen LogP contribution in [0, 0.1) is 0 Å². The highest BCUT2D eigenvalue weighted by Crippen LogP contribution is 2.24. The summed E-state index contributed by atoms with van der Waals surface area (Å²) in [5, 5.41) is 6.81. The van der Waals surface area contributed by atoms with Gasteiger partial charge in [-0.25, -0.2) is 0 Å². The molecule has 1 unspecified atom stereocenters. The molecule has 1 saturated heterocycles. The summed E-state index contributed by atoms with van der Waals surface area (Å²) in [7, 11) is 0. The Balaban J connectivity index is 1.60. The molecule has 0 aliphatic carbocycles. The number of carbonyl (C=O) groups excluding carboxylic acids is 1. The van der Waals surface area contributed by atoms with E-state index in [2.05, 4.69) is 10.6 Å². The van der Waals surface area contributed by atoms with Gasteiger partial charge in [-0.2, -0.15) is 0 Å². The van der Waals surface area contributed by atoms with Crippen LogP contribution in [0.5, 0.6) is 5.75 Å². The molecule has 1 amide bonds. The molecule has 4 nitrogen and oxygen atoms in total. The SMILES string of the molecule is O=C(NCc1ccccc1COc1ccccc1Cl)C1CCCN1. The van der Waals surface area contributed by atoms with E-state index in [0.717, 1.165) is 30.5 Å². The second-order valence-corrected chi connectivity index (χ2v) is 6.26. The molecular weight excluding hydrogens is 324 g/mol. The van der Waals surface area contributed by atoms with Crippen LogP contribution in [0.15, 0.2) is 48.5 Å². The number of nitrogens with one attached hydrogen (secondary N) is 2. The summed E-state index contributed by atoms with van der Waals surface area (Å²) < 4.78 is 5.81. The lowest BCUT2D eigenvalue weighted by Gasteiger charge is -2.14. The molecule has 0 saturated carbocycles. The molecule has 0 aromatic heterocycles. The van der Waals surface area contributed by atoms with E-state index in [1.54, 1.807) is 6.07 Å². The van der Waals surface area contributed by atoms with Gasteiger partial charge in [-0.1, -0.05) is 48.0 Å². The number of benzene rings is 2. The van der Waals surface area contributed by atoms with Gasteiger partial charge < -0.3 is 15.4 Å². The van der Waals surface area contributed by atoms with Crippen molar-refractivity contribution in [2.45, 2.75) is 32.0 Å². The van der Waals surface area contributed by atoms with E-state index in [1.165, 1.54) is 0 Å². The minimum Gasteiger partial charge on any atom is -0.487 e. The van der Waals surface area contributed by atoms with E-state index in [0.29, 0.717) is 23.9 Å². The molecule has 0 bridgehead atoms. The topological polar surface area (TPSA) is 50.4 Å². The Morgan fingerprint density at radius 3 is 2.67 bits per heavy atom. The van der Waals surface area contributed by atoms with Crippen molar-refractivity contribution in [2.24, 2.45) is 0 Å². The van der Waals surface area contributed by atoms with E-state index in [1.807, 2.05) is 42.5 Å². The van der Waals surface area contributed by atoms with Crippen molar-refractivity contribution in [1.29, 1.82) is 0 Å². The lowest BCUT2D eigenvalue weighted by molar-refractivity contribution is -0.122. The maximum absolute atomic E-state index is 12.1. The molecule has 2 aromatic carbocycles. The number of amides is 1. The van der Waals surface area contributed by atoms with E-state index < -0.39 is 0 Å². The standard InChI is InChI=1S/C19H21ClN2O2/c20-16-8-3-4-10-18(16)24-13-15-7-2-1-6-14(15)12-22-19(23)17-9-5-11-21-17/h1-4,6-8,10,17,21H,5,9,11-13H2,(H,22,23). The first-order valence-corrected chi connectivity index (χ1v) is 8.57. The summed E-state index contributed by atoms with van der Waals surface area (Å²) in [6.45, 7) is 1.83. The average molecular weight is 345 g/mol. The zero-order valence-corrected chi connectivity index (χ0v) is 14.2. The zero-order chi connectivity index (χ0) is 16.8. The normalized spacial score (nSPS) is 16.8. The summed E-state index contributed by atoms with van der Waals surface area (Å²) >= 11 is 6.12. The zero-order valence-electron chi connectivity index (χ0n) is 13.4. The van der Waals surface area contributed by atoms with Crippen molar-refractivity contribution in [2.75, 3.05) is 6.54 Å². The second-order valence-electron chi connectivity index (χ2n) is 5.85. The van der Waals surface area contributed by atoms with Crippen LogP contribution in [-0.2, 0) is 17.9 Å². The van der Waals surface area contributed by atoms with Crippen LogP contribution < -0.4 is 15.4 Å². The Hall–Kier alpha value is -2.04. The first-order chi connectivity index (χ1) is 11.7. The van der Waals surface area contributed by atoms with Gasteiger partial charge in [0.15, 0.2) is 0 Å². The van der Waals surface area contributed by atoms with Crippen LogP contribution in [0.1, 0.15) is 24.0 Å². The van der Waals surface area contributed by atoms with Crippen LogP contribution in [-0.4, -0.2) is 18.5 Å². The van der Waals surface area contributed by atoms with Crippen molar-refractivity contribution >= 4 is 17.5 Å². The summed E-state index contributed by atoms with van der Waals surface area (Å²) in [5.74, 6) is 0.725. The van der Waals surface area contributed by atoms with Crippen molar-refractivity contribution < 1.29 is 9.53 Å². The van der Waals surface area contributed by atoms with Crippen LogP contribution >= 0.6 is 11.6 Å². The van der Waals surface area contributed by atoms with Crippen molar-refractivity contribution in [3.8, 4) is 5.75 Å². The van der Waals surface area contributed by atoms with Crippen molar-refractivity contribution in [3.05, 3.63) is 64.7 Å². The van der Waals surface area contributed by atoms with Crippen LogP contribution in [0.4, 0.5) is 0 Å². The quantitative estimate of drug-likeness (QED) is 0.845. The predicted octanol–water partition coefficient (Wildman–Crippen LogP) is 3.29. The summed E-state index contributed by atoms with van der Waals surface area (Å²) in [6, 6.07) is 15.3. The van der Waals surface area contributed by atoms with Gasteiger partial charge in [-0.15, -0.1) is 0 Å². The van der Waals surface area contributed by atoms with Gasteiger partial charge in [0.05, 0.1) is 11.1 Å². The minimum absolute atomic E-state index is 0.0588. The minimum atomic E-state index is -0.0588. The van der Waals surface area contributed by atoms with E-state index in [4.69, 9.17) is 16.3 Å². The number of rotatable bonds is 6. The third-order valence-corrected chi connectivity index (χ3v) is 4.48. The van der Waals surface area contributed by atoms with Gasteiger partial charge >= 0.3 is 0 Å². The molecule has 24 heavy (non-hydrogen) atoms. The Morgan fingerprint density at radius 1 is 1.17 bits per heavy atom. The number of hydrogen-bond donors (Lipinski definition) is 2. The third kappa shape index (κ3) is 4.28. The van der Waals surface area contributed by atoms with Gasteiger partial charge in [0.1, 0.15) is 12.4 Å². The summed E-state index contributed by atoms with van der Waals surface area (Å²) in [5.41, 5.74) is 2.09. The Kier molecular flexibility index (Phi) is 5.72. The van der Waals surface area contributed by atoms with E-state index >= 15 is 0 Å². The third-order valence-electron chi connectivity index (χ3n) is 4.17. The molecule has 2 aromatic rings. The van der Waals surface area contributed by atoms with Gasteiger partial charge in [-0.3, -0.25) is 4.79 Å². The number of halogens is 1. The lowest BCUT2D eigenvalue weighted by atomic mass is 10.1. The van der Waals surface area contributed by atoms with Gasteiger partial charge in [-0.05, 0) is 42.6 Å². The monoisotopic (exact) mass is 344 g/mol. The van der Waals surface area contributed by atoms with E-state index in [9.17, 15) is 4.79 Å². The highest BCUT2D eigenvalue weighted by molar-refractivity contribution is 6.32. The maximum Gasteiger partial charge on any atom is 0.237 e. The molecule has 2 N–H and O–H groups in total. The first kappa shape index (κ1) is 16.8. The number of para-hydroxylation sites is 1. The molecule has 0 spiro atoms. The van der Waals surface area contributed by atoms with Crippen molar-refractivity contribution in [3.63, 3.8) is 0 Å². The largest absolute Gasteiger partial charge is 0.487 e. The summed E-state index contributed by atoms with van der Waals surface area (Å²) in [4.78, 5) is 12.1. The fourth-order valence-corrected chi connectivity index (χ4v) is 2.99. The maximum atomic E-state index is 12.1. The second kappa shape index (κ2) is 8.18. The molecule has 0 radical (unpaired) electrons. The Bertz CT molecular complexity index is 699. The number of hydrogen-bond acceptors (Lipinski definition) is 3. The van der Waals surface area contributed by atoms with Gasteiger partial charge in [0.25, 0.3) is 0 Å². The lowest BCUT2D eigenvalue weighted by Crippen LogP contribution is -2.40. The predicted molar refractivity (Wildman–Crippen MR) is 95.1 cm³/mol. The molecule has 126 valence electrons. The van der Waals surface area contributed by atoms with Crippen LogP contribution in [0.2, 0.25) is 5.02 Å². The molecule has 1 fully saturated rings. The fourth-order valence-electron chi connectivity index (χ4n) is 2.80. The first-order valence-electron chi connectivity index (χ1n) is 8.19. The highest BCUT2D eigenvalue weighted by atomic mass is 35.5. The Labute approximate surface area is 147 Å². The number of carbonyl (C=O) groups is 1. The molecule has 1 aliphatic rings. The molecule has 1 aliphatic heterocycles. The van der Waals surface area contributed by atoms with Crippen LogP contribution in [0.25, 0.3) is 0 Å². The highest BCUT2D eigenvalue weighted by Gasteiger charge is 2.21. The van der Waals surface area contributed by atoms with Crippen LogP contribution in [0.3, 0.4) is 0 Å². The Morgan fingerprint density at radius 2 is 1.92 bits per heavy atom. The molecule has 1 atom stereocenters. The molecular formula is C19H21ClN2O2. The van der Waals surface area contributed by atoms with Gasteiger partial charge in [0.2, 0.25) is 5.91 Å². The fraction of sp³-hybridized carbons (Fsp3) is 0.316. The molecule has 1 heterocycles.